The van der Waals surface area contributed by atoms with Gasteiger partial charge in [0.2, 0.25) is 0 Å². The Morgan fingerprint density at radius 1 is 0.969 bits per heavy atom. The second-order valence-electron chi connectivity index (χ2n) is 7.39. The van der Waals surface area contributed by atoms with E-state index in [1.165, 1.54) is 17.0 Å². The number of hydrogen-bond acceptors (Lipinski definition) is 4. The second kappa shape index (κ2) is 8.85. The molecule has 32 heavy (non-hydrogen) atoms. The third kappa shape index (κ3) is 3.97. The number of carbonyl (C=O) groups is 3. The van der Waals surface area contributed by atoms with Gasteiger partial charge in [-0.25, -0.2) is 4.90 Å². The first-order valence-corrected chi connectivity index (χ1v) is 10.5. The molecule has 3 amide bonds. The van der Waals surface area contributed by atoms with Gasteiger partial charge in [-0.3, -0.25) is 14.4 Å². The number of halogens is 1. The van der Waals surface area contributed by atoms with Crippen molar-refractivity contribution in [3.8, 4) is 5.75 Å². The minimum atomic E-state index is -0.461. The summed E-state index contributed by atoms with van der Waals surface area (Å²) in [6.07, 6.45) is 0. The summed E-state index contributed by atoms with van der Waals surface area (Å²) in [5.74, 6) is -0.495. The molecule has 3 aromatic rings. The van der Waals surface area contributed by atoms with Gasteiger partial charge < -0.3 is 9.64 Å². The molecule has 0 bridgehead atoms. The summed E-state index contributed by atoms with van der Waals surface area (Å²) in [5, 5.41) is 0.577. The molecule has 7 heteroatoms. The van der Waals surface area contributed by atoms with Crippen LogP contribution in [0.5, 0.6) is 5.75 Å². The van der Waals surface area contributed by atoms with E-state index in [0.717, 1.165) is 10.5 Å². The standard InChI is InChI=1S/C25H21ClN2O4/c1-3-32-19-11-9-18(10-12-19)28-24(30)20-13-8-16(14-21(20)25(28)31)23(29)27(2)15-17-6-4-5-7-22(17)26/h4-14H,3,15H2,1-2H3. The minimum absolute atomic E-state index is 0.209. The SMILES string of the molecule is CCOc1ccc(N2C(=O)c3ccc(C(=O)N(C)Cc4ccccc4Cl)cc3C2=O)cc1. The van der Waals surface area contributed by atoms with Crippen LogP contribution in [0.3, 0.4) is 0 Å². The lowest BCUT2D eigenvalue weighted by Crippen LogP contribution is -2.29. The Morgan fingerprint density at radius 3 is 2.34 bits per heavy atom. The Kier molecular flexibility index (Phi) is 5.97. The van der Waals surface area contributed by atoms with Crippen LogP contribution in [0, 0.1) is 0 Å². The molecule has 1 aliphatic rings. The minimum Gasteiger partial charge on any atom is -0.494 e. The molecular weight excluding hydrogens is 428 g/mol. The van der Waals surface area contributed by atoms with Gasteiger partial charge in [0.1, 0.15) is 5.75 Å². The zero-order chi connectivity index (χ0) is 22.8. The van der Waals surface area contributed by atoms with Gasteiger partial charge in [-0.15, -0.1) is 0 Å². The van der Waals surface area contributed by atoms with E-state index < -0.39 is 11.8 Å². The summed E-state index contributed by atoms with van der Waals surface area (Å²) >= 11 is 6.20. The molecule has 0 fully saturated rings. The van der Waals surface area contributed by atoms with E-state index >= 15 is 0 Å². The first-order chi connectivity index (χ1) is 15.4. The number of anilines is 1. The number of carbonyl (C=O) groups excluding carboxylic acids is 3. The smallest absolute Gasteiger partial charge is 0.266 e. The molecule has 0 aliphatic carbocycles. The number of ether oxygens (including phenoxy) is 1. The highest BCUT2D eigenvalue weighted by atomic mass is 35.5. The van der Waals surface area contributed by atoms with E-state index in [0.29, 0.717) is 35.2 Å². The van der Waals surface area contributed by atoms with E-state index in [9.17, 15) is 14.4 Å². The van der Waals surface area contributed by atoms with Gasteiger partial charge in [0, 0.05) is 24.2 Å². The summed E-state index contributed by atoms with van der Waals surface area (Å²) in [4.78, 5) is 41.5. The predicted molar refractivity (Wildman–Crippen MR) is 122 cm³/mol. The summed E-state index contributed by atoms with van der Waals surface area (Å²) in [6, 6.07) is 18.6. The maximum absolute atomic E-state index is 13.0. The highest BCUT2D eigenvalue weighted by molar-refractivity contribution is 6.34. The van der Waals surface area contributed by atoms with Gasteiger partial charge in [-0.2, -0.15) is 0 Å². The van der Waals surface area contributed by atoms with Gasteiger partial charge in [-0.05, 0) is 61.0 Å². The average molecular weight is 449 g/mol. The first kappa shape index (κ1) is 21.6. The van der Waals surface area contributed by atoms with Gasteiger partial charge >= 0.3 is 0 Å². The molecule has 1 aliphatic heterocycles. The van der Waals surface area contributed by atoms with Crippen molar-refractivity contribution in [1.82, 2.24) is 4.90 Å². The van der Waals surface area contributed by atoms with Gasteiger partial charge in [0.25, 0.3) is 17.7 Å². The molecule has 6 nitrogen and oxygen atoms in total. The summed E-state index contributed by atoms with van der Waals surface area (Å²) < 4.78 is 5.41. The van der Waals surface area contributed by atoms with Gasteiger partial charge in [0.15, 0.2) is 0 Å². The van der Waals surface area contributed by atoms with E-state index in [4.69, 9.17) is 16.3 Å². The van der Waals surface area contributed by atoms with E-state index in [1.54, 1.807) is 43.4 Å². The highest BCUT2D eigenvalue weighted by Gasteiger charge is 2.37. The molecule has 0 saturated heterocycles. The second-order valence-corrected chi connectivity index (χ2v) is 7.79. The molecular formula is C25H21ClN2O4. The molecule has 4 rings (SSSR count). The van der Waals surface area contributed by atoms with Crippen molar-refractivity contribution < 1.29 is 19.1 Å². The number of imide groups is 1. The van der Waals surface area contributed by atoms with Crippen molar-refractivity contribution in [2.24, 2.45) is 0 Å². The van der Waals surface area contributed by atoms with Crippen molar-refractivity contribution in [3.63, 3.8) is 0 Å². The van der Waals surface area contributed by atoms with Gasteiger partial charge in [0.05, 0.1) is 23.4 Å². The number of benzene rings is 3. The summed E-state index contributed by atoms with van der Waals surface area (Å²) in [7, 11) is 1.66. The molecule has 3 aromatic carbocycles. The topological polar surface area (TPSA) is 66.9 Å². The van der Waals surface area contributed by atoms with Crippen molar-refractivity contribution in [3.05, 3.63) is 94.0 Å². The van der Waals surface area contributed by atoms with Crippen molar-refractivity contribution in [1.29, 1.82) is 0 Å². The number of amides is 3. The van der Waals surface area contributed by atoms with Crippen LogP contribution >= 0.6 is 11.6 Å². The predicted octanol–water partition coefficient (Wildman–Crippen LogP) is 4.81. The molecule has 0 aromatic heterocycles. The summed E-state index contributed by atoms with van der Waals surface area (Å²) in [5.41, 5.74) is 2.07. The summed E-state index contributed by atoms with van der Waals surface area (Å²) in [6.45, 7) is 2.72. The third-order valence-electron chi connectivity index (χ3n) is 5.25. The van der Waals surface area contributed by atoms with E-state index in [2.05, 4.69) is 0 Å². The van der Waals surface area contributed by atoms with E-state index in [-0.39, 0.29) is 17.0 Å². The quantitative estimate of drug-likeness (QED) is 0.507. The van der Waals surface area contributed by atoms with Crippen molar-refractivity contribution in [2.45, 2.75) is 13.5 Å². The average Bonchev–Trinajstić information content (AvgIpc) is 3.05. The van der Waals surface area contributed by atoms with Crippen LogP contribution in [0.2, 0.25) is 5.02 Å². The maximum Gasteiger partial charge on any atom is 0.266 e. The number of fused-ring (bicyclic) bond motifs is 1. The fraction of sp³-hybridized carbons (Fsp3) is 0.160. The normalized spacial score (nSPS) is 12.7. The Morgan fingerprint density at radius 2 is 1.66 bits per heavy atom. The van der Waals surface area contributed by atoms with Crippen LogP contribution < -0.4 is 9.64 Å². The van der Waals surface area contributed by atoms with Crippen LogP contribution in [0.4, 0.5) is 5.69 Å². The molecule has 1 heterocycles. The monoisotopic (exact) mass is 448 g/mol. The lowest BCUT2D eigenvalue weighted by atomic mass is 10.0. The van der Waals surface area contributed by atoms with Crippen LogP contribution in [0.1, 0.15) is 43.6 Å². The van der Waals surface area contributed by atoms with Crippen LogP contribution in [0.15, 0.2) is 66.7 Å². The number of nitrogens with zero attached hydrogens (tertiary/aromatic N) is 2. The maximum atomic E-state index is 13.0. The Hall–Kier alpha value is -3.64. The Bertz CT molecular complexity index is 1210. The lowest BCUT2D eigenvalue weighted by molar-refractivity contribution is 0.0784. The van der Waals surface area contributed by atoms with Gasteiger partial charge in [-0.1, -0.05) is 29.8 Å². The fourth-order valence-corrected chi connectivity index (χ4v) is 3.84. The lowest BCUT2D eigenvalue weighted by Gasteiger charge is -2.18. The van der Waals surface area contributed by atoms with Crippen molar-refractivity contribution in [2.75, 3.05) is 18.6 Å². The zero-order valence-electron chi connectivity index (χ0n) is 17.7. The zero-order valence-corrected chi connectivity index (χ0v) is 18.4. The van der Waals surface area contributed by atoms with Crippen LogP contribution in [-0.4, -0.2) is 36.3 Å². The van der Waals surface area contributed by atoms with Crippen LogP contribution in [0.25, 0.3) is 0 Å². The molecule has 0 unspecified atom stereocenters. The molecule has 0 saturated carbocycles. The van der Waals surface area contributed by atoms with Crippen molar-refractivity contribution >= 4 is 35.0 Å². The number of rotatable bonds is 6. The van der Waals surface area contributed by atoms with Crippen LogP contribution in [-0.2, 0) is 6.54 Å². The Balaban J connectivity index is 1.57. The first-order valence-electron chi connectivity index (χ1n) is 10.1. The molecule has 0 N–H and O–H groups in total. The largest absolute Gasteiger partial charge is 0.494 e. The number of hydrogen-bond donors (Lipinski definition) is 0. The molecule has 162 valence electrons. The molecule has 0 spiro atoms. The third-order valence-corrected chi connectivity index (χ3v) is 5.62. The Labute approximate surface area is 191 Å². The molecule has 0 radical (unpaired) electrons. The fourth-order valence-electron chi connectivity index (χ4n) is 3.64. The molecule has 0 atom stereocenters. The highest BCUT2D eigenvalue weighted by Crippen LogP contribution is 2.30. The van der Waals surface area contributed by atoms with E-state index in [1.807, 2.05) is 25.1 Å².